The molecule has 0 saturated carbocycles. The number of methoxy groups -OCH3 is 1. The second kappa shape index (κ2) is 7.45. The first kappa shape index (κ1) is 16.6. The van der Waals surface area contributed by atoms with Crippen molar-refractivity contribution in [2.24, 2.45) is 0 Å². The molecule has 4 heteroatoms. The SMILES string of the molecule is COC(=O)Cc1cccc(Br)c1COc1ccc(C)cc1C. The molecule has 22 heavy (non-hydrogen) atoms. The van der Waals surface area contributed by atoms with Gasteiger partial charge in [0.05, 0.1) is 13.5 Å². The second-order valence-electron chi connectivity index (χ2n) is 5.19. The number of halogens is 1. The van der Waals surface area contributed by atoms with Crippen LogP contribution in [0.2, 0.25) is 0 Å². The monoisotopic (exact) mass is 362 g/mol. The number of rotatable bonds is 5. The third-order valence-corrected chi connectivity index (χ3v) is 4.22. The summed E-state index contributed by atoms with van der Waals surface area (Å²) in [4.78, 5) is 11.5. The van der Waals surface area contributed by atoms with Crippen molar-refractivity contribution in [3.8, 4) is 5.75 Å². The highest BCUT2D eigenvalue weighted by Crippen LogP contribution is 2.25. The van der Waals surface area contributed by atoms with Crippen LogP contribution in [0.1, 0.15) is 22.3 Å². The van der Waals surface area contributed by atoms with Gasteiger partial charge in [-0.15, -0.1) is 0 Å². The maximum absolute atomic E-state index is 11.5. The molecule has 2 rings (SSSR count). The highest BCUT2D eigenvalue weighted by atomic mass is 79.9. The molecule has 2 aromatic rings. The molecule has 0 radical (unpaired) electrons. The Kier molecular flexibility index (Phi) is 5.61. The lowest BCUT2D eigenvalue weighted by molar-refractivity contribution is -0.139. The Bertz CT molecular complexity index is 680. The van der Waals surface area contributed by atoms with Crippen molar-refractivity contribution in [1.29, 1.82) is 0 Å². The van der Waals surface area contributed by atoms with E-state index in [1.54, 1.807) is 0 Å². The Morgan fingerprint density at radius 1 is 1.18 bits per heavy atom. The first-order valence-corrected chi connectivity index (χ1v) is 7.83. The Morgan fingerprint density at radius 3 is 2.64 bits per heavy atom. The molecule has 0 aliphatic rings. The van der Waals surface area contributed by atoms with E-state index in [9.17, 15) is 4.79 Å². The molecule has 0 saturated heterocycles. The van der Waals surface area contributed by atoms with E-state index in [4.69, 9.17) is 9.47 Å². The minimum Gasteiger partial charge on any atom is -0.489 e. The van der Waals surface area contributed by atoms with Crippen molar-refractivity contribution >= 4 is 21.9 Å². The number of carbonyl (C=O) groups is 1. The van der Waals surface area contributed by atoms with E-state index in [0.717, 1.165) is 26.9 Å². The summed E-state index contributed by atoms with van der Waals surface area (Å²) in [6, 6.07) is 11.9. The molecule has 0 aromatic heterocycles. The average molecular weight is 363 g/mol. The summed E-state index contributed by atoms with van der Waals surface area (Å²) in [5, 5.41) is 0. The average Bonchev–Trinajstić information content (AvgIpc) is 2.48. The number of benzene rings is 2. The van der Waals surface area contributed by atoms with Crippen LogP contribution in [0.3, 0.4) is 0 Å². The highest BCUT2D eigenvalue weighted by Gasteiger charge is 2.12. The van der Waals surface area contributed by atoms with E-state index in [-0.39, 0.29) is 12.4 Å². The summed E-state index contributed by atoms with van der Waals surface area (Å²) in [5.41, 5.74) is 4.18. The summed E-state index contributed by atoms with van der Waals surface area (Å²) >= 11 is 3.53. The lowest BCUT2D eigenvalue weighted by atomic mass is 10.1. The minimum atomic E-state index is -0.258. The second-order valence-corrected chi connectivity index (χ2v) is 6.04. The van der Waals surface area contributed by atoms with Crippen LogP contribution in [0, 0.1) is 13.8 Å². The summed E-state index contributed by atoms with van der Waals surface area (Å²) < 4.78 is 11.6. The van der Waals surface area contributed by atoms with Crippen molar-refractivity contribution in [1.82, 2.24) is 0 Å². The summed E-state index contributed by atoms with van der Waals surface area (Å²) in [7, 11) is 1.39. The minimum absolute atomic E-state index is 0.238. The predicted molar refractivity (Wildman–Crippen MR) is 90.1 cm³/mol. The van der Waals surface area contributed by atoms with Crippen LogP contribution < -0.4 is 4.74 Å². The lowest BCUT2D eigenvalue weighted by Gasteiger charge is -2.14. The smallest absolute Gasteiger partial charge is 0.309 e. The van der Waals surface area contributed by atoms with E-state index in [0.29, 0.717) is 6.61 Å². The van der Waals surface area contributed by atoms with Crippen LogP contribution in [-0.4, -0.2) is 13.1 Å². The fraction of sp³-hybridized carbons (Fsp3) is 0.278. The largest absolute Gasteiger partial charge is 0.489 e. The first-order chi connectivity index (χ1) is 10.5. The van der Waals surface area contributed by atoms with Gasteiger partial charge in [0.15, 0.2) is 0 Å². The molecule has 0 bridgehead atoms. The quantitative estimate of drug-likeness (QED) is 0.741. The maximum Gasteiger partial charge on any atom is 0.309 e. The third-order valence-electron chi connectivity index (χ3n) is 3.48. The Labute approximate surface area is 139 Å². The van der Waals surface area contributed by atoms with Gasteiger partial charge >= 0.3 is 5.97 Å². The standard InChI is InChI=1S/C18H19BrO3/c1-12-7-8-17(13(2)9-12)22-11-15-14(10-18(20)21-3)5-4-6-16(15)19/h4-9H,10-11H2,1-3H3. The molecule has 116 valence electrons. The molecule has 0 aliphatic carbocycles. The van der Waals surface area contributed by atoms with Crippen molar-refractivity contribution in [3.63, 3.8) is 0 Å². The molecule has 0 N–H and O–H groups in total. The van der Waals surface area contributed by atoms with Crippen molar-refractivity contribution in [2.45, 2.75) is 26.9 Å². The van der Waals surface area contributed by atoms with Gasteiger partial charge in [-0.3, -0.25) is 4.79 Å². The van der Waals surface area contributed by atoms with Gasteiger partial charge in [-0.25, -0.2) is 0 Å². The van der Waals surface area contributed by atoms with E-state index >= 15 is 0 Å². The van der Waals surface area contributed by atoms with Gasteiger partial charge in [0.1, 0.15) is 12.4 Å². The zero-order valence-corrected chi connectivity index (χ0v) is 14.6. The maximum atomic E-state index is 11.5. The van der Waals surface area contributed by atoms with Crippen LogP contribution in [0.15, 0.2) is 40.9 Å². The van der Waals surface area contributed by atoms with Gasteiger partial charge in [-0.1, -0.05) is 45.8 Å². The zero-order chi connectivity index (χ0) is 16.1. The number of ether oxygens (including phenoxy) is 2. The van der Waals surface area contributed by atoms with Crippen LogP contribution in [0.5, 0.6) is 5.75 Å². The van der Waals surface area contributed by atoms with E-state index in [1.807, 2.05) is 37.3 Å². The number of hydrogen-bond acceptors (Lipinski definition) is 3. The molecule has 0 amide bonds. The van der Waals surface area contributed by atoms with Gasteiger partial charge in [0.25, 0.3) is 0 Å². The summed E-state index contributed by atoms with van der Waals surface area (Å²) in [5.74, 6) is 0.594. The molecular formula is C18H19BrO3. The molecule has 0 aliphatic heterocycles. The van der Waals surface area contributed by atoms with Gasteiger partial charge in [0, 0.05) is 10.0 Å². The van der Waals surface area contributed by atoms with E-state index < -0.39 is 0 Å². The molecule has 0 heterocycles. The molecule has 0 fully saturated rings. The number of aryl methyl sites for hydroxylation is 2. The van der Waals surface area contributed by atoms with Crippen molar-refractivity contribution in [2.75, 3.05) is 7.11 Å². The van der Waals surface area contributed by atoms with E-state index in [2.05, 4.69) is 28.9 Å². The third kappa shape index (κ3) is 4.10. The Hall–Kier alpha value is -1.81. The molecule has 3 nitrogen and oxygen atoms in total. The molecular weight excluding hydrogens is 344 g/mol. The Morgan fingerprint density at radius 2 is 1.95 bits per heavy atom. The van der Waals surface area contributed by atoms with Gasteiger partial charge < -0.3 is 9.47 Å². The summed E-state index contributed by atoms with van der Waals surface area (Å²) in [6.07, 6.45) is 0.238. The number of carbonyl (C=O) groups excluding carboxylic acids is 1. The van der Waals surface area contributed by atoms with Crippen LogP contribution in [-0.2, 0) is 22.6 Å². The Balaban J connectivity index is 2.19. The van der Waals surface area contributed by atoms with Gasteiger partial charge in [-0.2, -0.15) is 0 Å². The topological polar surface area (TPSA) is 35.5 Å². The molecule has 0 atom stereocenters. The highest BCUT2D eigenvalue weighted by molar-refractivity contribution is 9.10. The van der Waals surface area contributed by atoms with Crippen LogP contribution >= 0.6 is 15.9 Å². The van der Waals surface area contributed by atoms with Crippen LogP contribution in [0.4, 0.5) is 0 Å². The van der Waals surface area contributed by atoms with Gasteiger partial charge in [0.2, 0.25) is 0 Å². The number of esters is 1. The first-order valence-electron chi connectivity index (χ1n) is 7.04. The summed E-state index contributed by atoms with van der Waals surface area (Å²) in [6.45, 7) is 4.48. The van der Waals surface area contributed by atoms with E-state index in [1.165, 1.54) is 12.7 Å². The molecule has 0 unspecified atom stereocenters. The fourth-order valence-electron chi connectivity index (χ4n) is 2.27. The number of hydrogen-bond donors (Lipinski definition) is 0. The van der Waals surface area contributed by atoms with Crippen molar-refractivity contribution in [3.05, 3.63) is 63.1 Å². The zero-order valence-electron chi connectivity index (χ0n) is 13.0. The van der Waals surface area contributed by atoms with Crippen molar-refractivity contribution < 1.29 is 14.3 Å². The predicted octanol–water partition coefficient (Wildman–Crippen LogP) is 4.36. The fourth-order valence-corrected chi connectivity index (χ4v) is 2.79. The normalized spacial score (nSPS) is 10.4. The van der Waals surface area contributed by atoms with Gasteiger partial charge in [-0.05, 0) is 37.1 Å². The van der Waals surface area contributed by atoms with Crippen LogP contribution in [0.25, 0.3) is 0 Å². The molecule has 2 aromatic carbocycles. The molecule has 0 spiro atoms. The lowest BCUT2D eigenvalue weighted by Crippen LogP contribution is -2.09.